The van der Waals surface area contributed by atoms with Gasteiger partial charge in [-0.25, -0.2) is 4.39 Å². The van der Waals surface area contributed by atoms with Gasteiger partial charge in [-0.15, -0.1) is 0 Å². The first kappa shape index (κ1) is 15.9. The molecule has 0 spiro atoms. The van der Waals surface area contributed by atoms with Gasteiger partial charge in [-0.1, -0.05) is 13.8 Å². The van der Waals surface area contributed by atoms with E-state index < -0.39 is 23.7 Å². The molecule has 2 N–H and O–H groups in total. The third kappa shape index (κ3) is 5.16. The SMILES string of the molecule is CC(C)CNCC(O)c1cc(F)cc(C(F)(F)F)c1. The highest BCUT2D eigenvalue weighted by atomic mass is 19.4. The van der Waals surface area contributed by atoms with Crippen molar-refractivity contribution in [3.8, 4) is 0 Å². The molecule has 0 radical (unpaired) electrons. The minimum absolute atomic E-state index is 0.0800. The molecular weight excluding hydrogens is 262 g/mol. The van der Waals surface area contributed by atoms with Crippen molar-refractivity contribution in [3.05, 3.63) is 35.1 Å². The molecule has 0 saturated heterocycles. The molecule has 0 aliphatic carbocycles. The normalized spacial score (nSPS) is 13.9. The first-order valence-corrected chi connectivity index (χ1v) is 5.96. The van der Waals surface area contributed by atoms with E-state index in [1.807, 2.05) is 13.8 Å². The largest absolute Gasteiger partial charge is 0.416 e. The lowest BCUT2D eigenvalue weighted by Gasteiger charge is -2.15. The summed E-state index contributed by atoms with van der Waals surface area (Å²) in [6.07, 6.45) is -5.79. The van der Waals surface area contributed by atoms with Crippen molar-refractivity contribution in [1.29, 1.82) is 0 Å². The number of nitrogens with one attached hydrogen (secondary N) is 1. The second-order valence-electron chi connectivity index (χ2n) is 4.84. The molecule has 1 rings (SSSR count). The molecule has 1 unspecified atom stereocenters. The van der Waals surface area contributed by atoms with E-state index in [-0.39, 0.29) is 12.1 Å². The maximum atomic E-state index is 13.1. The zero-order valence-electron chi connectivity index (χ0n) is 10.8. The second-order valence-corrected chi connectivity index (χ2v) is 4.84. The molecule has 1 aromatic rings. The summed E-state index contributed by atoms with van der Waals surface area (Å²) in [6, 6.07) is 2.10. The smallest absolute Gasteiger partial charge is 0.387 e. The number of aliphatic hydroxyl groups is 1. The lowest BCUT2D eigenvalue weighted by atomic mass is 10.0. The molecule has 19 heavy (non-hydrogen) atoms. The molecule has 1 aromatic carbocycles. The maximum absolute atomic E-state index is 13.1. The first-order chi connectivity index (χ1) is 8.70. The molecule has 0 aliphatic heterocycles. The minimum Gasteiger partial charge on any atom is -0.387 e. The van der Waals surface area contributed by atoms with Crippen molar-refractivity contribution in [2.45, 2.75) is 26.1 Å². The van der Waals surface area contributed by atoms with Gasteiger partial charge >= 0.3 is 6.18 Å². The van der Waals surface area contributed by atoms with Gasteiger partial charge in [-0.3, -0.25) is 0 Å². The Balaban J connectivity index is 2.79. The van der Waals surface area contributed by atoms with Crippen LogP contribution in [0.25, 0.3) is 0 Å². The Morgan fingerprint density at radius 3 is 2.32 bits per heavy atom. The molecule has 0 saturated carbocycles. The minimum atomic E-state index is -4.62. The van der Waals surface area contributed by atoms with Gasteiger partial charge in [-0.05, 0) is 36.2 Å². The molecular formula is C13H17F4NO. The number of aliphatic hydroxyl groups excluding tert-OH is 1. The maximum Gasteiger partial charge on any atom is 0.416 e. The van der Waals surface area contributed by atoms with Crippen LogP contribution < -0.4 is 5.32 Å². The van der Waals surface area contributed by atoms with Crippen molar-refractivity contribution >= 4 is 0 Å². The molecule has 0 heterocycles. The lowest BCUT2D eigenvalue weighted by Crippen LogP contribution is -2.25. The van der Waals surface area contributed by atoms with Crippen LogP contribution in [0.5, 0.6) is 0 Å². The molecule has 1 atom stereocenters. The summed E-state index contributed by atoms with van der Waals surface area (Å²) in [5.74, 6) is -0.654. The fourth-order valence-electron chi connectivity index (χ4n) is 1.59. The average Bonchev–Trinajstić information content (AvgIpc) is 2.26. The van der Waals surface area contributed by atoms with E-state index in [9.17, 15) is 22.7 Å². The van der Waals surface area contributed by atoms with Crippen molar-refractivity contribution in [1.82, 2.24) is 5.32 Å². The van der Waals surface area contributed by atoms with Crippen LogP contribution in [0.15, 0.2) is 18.2 Å². The van der Waals surface area contributed by atoms with Gasteiger partial charge in [0.05, 0.1) is 11.7 Å². The van der Waals surface area contributed by atoms with E-state index in [0.29, 0.717) is 18.5 Å². The van der Waals surface area contributed by atoms with Gasteiger partial charge in [0.25, 0.3) is 0 Å². The van der Waals surface area contributed by atoms with Crippen LogP contribution in [-0.4, -0.2) is 18.2 Å². The Hall–Kier alpha value is -1.14. The molecule has 0 amide bonds. The number of alkyl halides is 3. The van der Waals surface area contributed by atoms with Crippen LogP contribution in [0.4, 0.5) is 17.6 Å². The predicted molar refractivity (Wildman–Crippen MR) is 64.1 cm³/mol. The van der Waals surface area contributed by atoms with Crippen molar-refractivity contribution in [2.75, 3.05) is 13.1 Å². The predicted octanol–water partition coefficient (Wildman–Crippen LogP) is 3.12. The first-order valence-electron chi connectivity index (χ1n) is 5.96. The zero-order valence-corrected chi connectivity index (χ0v) is 10.8. The van der Waals surface area contributed by atoms with Gasteiger partial charge in [0.2, 0.25) is 0 Å². The van der Waals surface area contributed by atoms with Crippen LogP contribution in [0.1, 0.15) is 31.1 Å². The number of halogens is 4. The molecule has 2 nitrogen and oxygen atoms in total. The van der Waals surface area contributed by atoms with Gasteiger partial charge in [0.15, 0.2) is 0 Å². The van der Waals surface area contributed by atoms with Crippen LogP contribution in [0.2, 0.25) is 0 Å². The highest BCUT2D eigenvalue weighted by Gasteiger charge is 2.31. The quantitative estimate of drug-likeness (QED) is 0.812. The van der Waals surface area contributed by atoms with Gasteiger partial charge in [-0.2, -0.15) is 13.2 Å². The third-order valence-electron chi connectivity index (χ3n) is 2.52. The summed E-state index contributed by atoms with van der Waals surface area (Å²) in [5, 5.41) is 12.7. The van der Waals surface area contributed by atoms with E-state index in [0.717, 1.165) is 12.1 Å². The third-order valence-corrected chi connectivity index (χ3v) is 2.52. The zero-order chi connectivity index (χ0) is 14.6. The number of hydrogen-bond acceptors (Lipinski definition) is 2. The lowest BCUT2D eigenvalue weighted by molar-refractivity contribution is -0.137. The molecule has 108 valence electrons. The van der Waals surface area contributed by atoms with E-state index in [4.69, 9.17) is 0 Å². The standard InChI is InChI=1S/C13H17F4NO/c1-8(2)6-18-7-12(19)9-3-10(13(15,16)17)5-11(14)4-9/h3-5,8,12,18-19H,6-7H2,1-2H3. The van der Waals surface area contributed by atoms with Crippen LogP contribution in [-0.2, 0) is 6.18 Å². The van der Waals surface area contributed by atoms with Crippen molar-refractivity contribution < 1.29 is 22.7 Å². The van der Waals surface area contributed by atoms with Crippen molar-refractivity contribution in [3.63, 3.8) is 0 Å². The molecule has 0 aliphatic rings. The summed E-state index contributed by atoms with van der Waals surface area (Å²) in [5.41, 5.74) is -1.17. The summed E-state index contributed by atoms with van der Waals surface area (Å²) in [7, 11) is 0. The fourth-order valence-corrected chi connectivity index (χ4v) is 1.59. The Labute approximate surface area is 109 Å². The fraction of sp³-hybridized carbons (Fsp3) is 0.538. The van der Waals surface area contributed by atoms with Gasteiger partial charge in [0, 0.05) is 6.54 Å². The second kappa shape index (κ2) is 6.34. The van der Waals surface area contributed by atoms with Crippen LogP contribution in [0, 0.1) is 11.7 Å². The van der Waals surface area contributed by atoms with E-state index >= 15 is 0 Å². The molecule has 0 bridgehead atoms. The average molecular weight is 279 g/mol. The number of benzene rings is 1. The summed E-state index contributed by atoms with van der Waals surface area (Å²) >= 11 is 0. The van der Waals surface area contributed by atoms with Gasteiger partial charge in [0.1, 0.15) is 5.82 Å². The van der Waals surface area contributed by atoms with Crippen molar-refractivity contribution in [2.24, 2.45) is 5.92 Å². The molecule has 0 fully saturated rings. The summed E-state index contributed by atoms with van der Waals surface area (Å²) in [6.45, 7) is 4.63. The van der Waals surface area contributed by atoms with E-state index in [1.54, 1.807) is 0 Å². The highest BCUT2D eigenvalue weighted by molar-refractivity contribution is 5.28. The van der Waals surface area contributed by atoms with E-state index in [1.165, 1.54) is 0 Å². The summed E-state index contributed by atoms with van der Waals surface area (Å²) in [4.78, 5) is 0. The Morgan fingerprint density at radius 1 is 1.16 bits per heavy atom. The summed E-state index contributed by atoms with van der Waals surface area (Å²) < 4.78 is 50.7. The molecule has 6 heteroatoms. The van der Waals surface area contributed by atoms with Crippen LogP contribution in [0.3, 0.4) is 0 Å². The monoisotopic (exact) mass is 279 g/mol. The Morgan fingerprint density at radius 2 is 1.79 bits per heavy atom. The van der Waals surface area contributed by atoms with Gasteiger partial charge < -0.3 is 10.4 Å². The Kier molecular flexibility index (Phi) is 5.31. The molecule has 0 aromatic heterocycles. The van der Waals surface area contributed by atoms with Crippen LogP contribution >= 0.6 is 0 Å². The highest BCUT2D eigenvalue weighted by Crippen LogP contribution is 2.31. The van der Waals surface area contributed by atoms with E-state index in [2.05, 4.69) is 5.32 Å². The number of hydrogen-bond donors (Lipinski definition) is 2. The topological polar surface area (TPSA) is 32.3 Å². The number of rotatable bonds is 5. The Bertz CT molecular complexity index is 418.